The van der Waals surface area contributed by atoms with E-state index in [1.54, 1.807) is 4.90 Å². The van der Waals surface area contributed by atoms with Crippen molar-refractivity contribution in [2.45, 2.75) is 69.9 Å². The number of ether oxygens (including phenoxy) is 1. The minimum Gasteiger partial charge on any atom is -0.493 e. The number of carboxylic acid groups (broad SMARTS) is 3. The fourth-order valence-electron chi connectivity index (χ4n) is 6.09. The third kappa shape index (κ3) is 7.95. The van der Waals surface area contributed by atoms with E-state index >= 15 is 0 Å². The number of nitrogens with zero attached hydrogens (tertiary/aromatic N) is 4. The Morgan fingerprint density at radius 3 is 2.33 bits per heavy atom. The second-order valence-electron chi connectivity index (χ2n) is 12.0. The smallest absolute Gasteiger partial charge is 0.337 e. The molecule has 16 nitrogen and oxygen atoms in total. The second-order valence-corrected chi connectivity index (χ2v) is 14.0. The zero-order chi connectivity index (χ0) is 36.1. The van der Waals surface area contributed by atoms with E-state index in [1.165, 1.54) is 22.5 Å². The fourth-order valence-corrected chi connectivity index (χ4v) is 7.54. The molecule has 5 N–H and O–H groups in total. The largest absolute Gasteiger partial charge is 0.493 e. The first kappa shape index (κ1) is 37.5. The number of rotatable bonds is 17. The van der Waals surface area contributed by atoms with Gasteiger partial charge in [0.1, 0.15) is 17.1 Å². The van der Waals surface area contributed by atoms with Crippen molar-refractivity contribution in [1.82, 2.24) is 23.7 Å². The molecule has 0 radical (unpaired) electrons. The number of aromatic nitrogens is 3. The van der Waals surface area contributed by atoms with Crippen molar-refractivity contribution in [3.8, 4) is 17.1 Å². The Kier molecular flexibility index (Phi) is 11.9. The summed E-state index contributed by atoms with van der Waals surface area (Å²) in [4.78, 5) is 57.3. The van der Waals surface area contributed by atoms with E-state index < -0.39 is 45.9 Å². The number of carbonyl (C=O) groups is 3. The summed E-state index contributed by atoms with van der Waals surface area (Å²) < 4.78 is 36.8. The molecule has 0 bridgehead atoms. The van der Waals surface area contributed by atoms with Crippen molar-refractivity contribution >= 4 is 39.0 Å². The fraction of sp³-hybridized carbons (Fsp3) is 0.531. The normalized spacial score (nSPS) is 16.3. The molecule has 1 fully saturated rings. The minimum atomic E-state index is -4.07. The van der Waals surface area contributed by atoms with Crippen LogP contribution in [-0.4, -0.2) is 115 Å². The predicted molar refractivity (Wildman–Crippen MR) is 177 cm³/mol. The van der Waals surface area contributed by atoms with Crippen molar-refractivity contribution in [3.63, 3.8) is 0 Å². The topological polar surface area (TPSA) is 233 Å². The van der Waals surface area contributed by atoms with Gasteiger partial charge < -0.3 is 39.6 Å². The van der Waals surface area contributed by atoms with Gasteiger partial charge >= 0.3 is 17.9 Å². The van der Waals surface area contributed by atoms with Crippen molar-refractivity contribution in [2.75, 3.05) is 39.3 Å². The van der Waals surface area contributed by atoms with Crippen molar-refractivity contribution in [2.24, 2.45) is 5.92 Å². The number of H-pyrrole nitrogens is 1. The zero-order valence-corrected chi connectivity index (χ0v) is 28.5. The zero-order valence-electron chi connectivity index (χ0n) is 27.7. The first-order chi connectivity index (χ1) is 23.2. The second kappa shape index (κ2) is 15.5. The van der Waals surface area contributed by atoms with Crippen LogP contribution < -0.4 is 10.3 Å². The summed E-state index contributed by atoms with van der Waals surface area (Å²) in [7, 11) is -4.07. The maximum Gasteiger partial charge on any atom is 0.337 e. The van der Waals surface area contributed by atoms with E-state index in [0.717, 1.165) is 12.0 Å². The van der Waals surface area contributed by atoms with Crippen LogP contribution in [0.25, 0.3) is 22.4 Å². The summed E-state index contributed by atoms with van der Waals surface area (Å²) in [5.41, 5.74) is -1.17. The Bertz CT molecular complexity index is 1860. The standard InChI is InChI=1S/C32H43N5O11S/c1-4-7-20-19-36(6-3)27-26(20)33-28(34-29(27)40)22-17-21(8-9-24(22)48-16-5-2)49(46,47)37-14-12-35(13-15-37)11-10-23(30(41)42)32(45,31(43)44)18-25(38)39/h8-9,17,19,23,45H,4-7,10-16,18H2,1-3H3,(H,38,39)(H,41,42)(H,43,44)(H,33,34,40)/t23-,32?/m1/s1. The summed E-state index contributed by atoms with van der Waals surface area (Å²) in [6, 6.07) is 4.39. The molecular formula is C32H43N5O11S. The number of aryl methyl sites for hydroxylation is 2. The molecule has 1 aliphatic heterocycles. The van der Waals surface area contributed by atoms with Crippen LogP contribution in [0.15, 0.2) is 34.1 Å². The Labute approximate surface area is 283 Å². The first-order valence-corrected chi connectivity index (χ1v) is 17.6. The molecule has 17 heteroatoms. The molecular weight excluding hydrogens is 662 g/mol. The van der Waals surface area contributed by atoms with Crippen LogP contribution in [0.1, 0.15) is 52.0 Å². The lowest BCUT2D eigenvalue weighted by Gasteiger charge is -2.35. The first-order valence-electron chi connectivity index (χ1n) is 16.2. The molecule has 2 atom stereocenters. The van der Waals surface area contributed by atoms with E-state index in [9.17, 15) is 42.9 Å². The molecule has 0 amide bonds. The van der Waals surface area contributed by atoms with Gasteiger partial charge in [-0.25, -0.2) is 18.2 Å². The highest BCUT2D eigenvalue weighted by Gasteiger charge is 2.50. The Morgan fingerprint density at radius 1 is 1.06 bits per heavy atom. The van der Waals surface area contributed by atoms with E-state index in [-0.39, 0.29) is 55.4 Å². The van der Waals surface area contributed by atoms with E-state index in [1.807, 2.05) is 31.5 Å². The van der Waals surface area contributed by atoms with Gasteiger partial charge in [-0.05, 0) is 56.5 Å². The third-order valence-corrected chi connectivity index (χ3v) is 10.6. The summed E-state index contributed by atoms with van der Waals surface area (Å²) in [6.07, 6.45) is 2.48. The van der Waals surface area contributed by atoms with Crippen molar-refractivity contribution < 1.29 is 48.0 Å². The Morgan fingerprint density at radius 2 is 1.76 bits per heavy atom. The number of hydrogen-bond donors (Lipinski definition) is 5. The Hall–Kier alpha value is -4.32. The summed E-state index contributed by atoms with van der Waals surface area (Å²) in [5, 5.41) is 38.6. The number of aromatic amines is 1. The molecule has 0 aliphatic carbocycles. The number of piperazine rings is 1. The van der Waals surface area contributed by atoms with E-state index in [2.05, 4.69) is 4.98 Å². The van der Waals surface area contributed by atoms with Crippen LogP contribution in [0.2, 0.25) is 0 Å². The summed E-state index contributed by atoms with van der Waals surface area (Å²) >= 11 is 0. The molecule has 3 aromatic rings. The third-order valence-electron chi connectivity index (χ3n) is 8.69. The van der Waals surface area contributed by atoms with Gasteiger partial charge in [-0.2, -0.15) is 4.31 Å². The number of fused-ring (bicyclic) bond motifs is 1. The molecule has 0 spiro atoms. The van der Waals surface area contributed by atoms with Gasteiger partial charge in [-0.3, -0.25) is 14.4 Å². The number of aliphatic hydroxyl groups is 1. The maximum absolute atomic E-state index is 13.9. The van der Waals surface area contributed by atoms with Crippen LogP contribution >= 0.6 is 0 Å². The van der Waals surface area contributed by atoms with Gasteiger partial charge in [0.2, 0.25) is 10.0 Å². The highest BCUT2D eigenvalue weighted by molar-refractivity contribution is 7.89. The number of carboxylic acids is 3. The molecule has 1 aromatic carbocycles. The van der Waals surface area contributed by atoms with Crippen molar-refractivity contribution in [3.05, 3.63) is 40.3 Å². The SMILES string of the molecule is CCCOc1ccc(S(=O)(=O)N2CCN(CC[C@H](C(=O)O)C(O)(CC(=O)O)C(=O)O)CC2)cc1-c1nc2c(CCC)cn(CC)c2c(=O)[nH]1. The number of hydrogen-bond acceptors (Lipinski definition) is 10. The molecule has 1 unspecified atom stereocenters. The summed E-state index contributed by atoms with van der Waals surface area (Å²) in [5.74, 6) is -6.65. The lowest BCUT2D eigenvalue weighted by Crippen LogP contribution is -2.53. The molecule has 4 rings (SSSR count). The molecule has 0 saturated carbocycles. The molecule has 49 heavy (non-hydrogen) atoms. The van der Waals surface area contributed by atoms with Crippen LogP contribution in [0.3, 0.4) is 0 Å². The highest BCUT2D eigenvalue weighted by atomic mass is 32.2. The van der Waals surface area contributed by atoms with Crippen LogP contribution in [0, 0.1) is 5.92 Å². The molecule has 268 valence electrons. The van der Waals surface area contributed by atoms with Gasteiger partial charge in [0.25, 0.3) is 5.56 Å². The average molecular weight is 706 g/mol. The van der Waals surface area contributed by atoms with Gasteiger partial charge in [-0.15, -0.1) is 0 Å². The Balaban J connectivity index is 1.58. The van der Waals surface area contributed by atoms with E-state index in [0.29, 0.717) is 48.3 Å². The van der Waals surface area contributed by atoms with Crippen LogP contribution in [0.4, 0.5) is 0 Å². The molecule has 1 aliphatic rings. The van der Waals surface area contributed by atoms with Gasteiger partial charge in [0, 0.05) is 38.9 Å². The van der Waals surface area contributed by atoms with Crippen LogP contribution in [-0.2, 0) is 37.4 Å². The number of benzene rings is 1. The molecule has 3 heterocycles. The van der Waals surface area contributed by atoms with E-state index in [4.69, 9.17) is 14.8 Å². The number of sulfonamides is 1. The average Bonchev–Trinajstić information content (AvgIpc) is 3.41. The van der Waals surface area contributed by atoms with Gasteiger partial charge in [-0.1, -0.05) is 20.3 Å². The predicted octanol–water partition coefficient (Wildman–Crippen LogP) is 1.84. The molecule has 1 saturated heterocycles. The maximum atomic E-state index is 13.9. The lowest BCUT2D eigenvalue weighted by atomic mass is 9.82. The lowest BCUT2D eigenvalue weighted by molar-refractivity contribution is -0.179. The number of nitrogens with one attached hydrogen (secondary N) is 1. The van der Waals surface area contributed by atoms with Gasteiger partial charge in [0.05, 0.1) is 34.9 Å². The monoisotopic (exact) mass is 705 g/mol. The minimum absolute atomic E-state index is 0.0189. The summed E-state index contributed by atoms with van der Waals surface area (Å²) in [6.45, 7) is 7.18. The van der Waals surface area contributed by atoms with Crippen LogP contribution in [0.5, 0.6) is 5.75 Å². The van der Waals surface area contributed by atoms with Gasteiger partial charge in [0.15, 0.2) is 5.60 Å². The quantitative estimate of drug-likeness (QED) is 0.135. The highest BCUT2D eigenvalue weighted by Crippen LogP contribution is 2.33. The molecule has 2 aromatic heterocycles. The number of aliphatic carboxylic acids is 3. The van der Waals surface area contributed by atoms with Crippen molar-refractivity contribution in [1.29, 1.82) is 0 Å².